The molecule has 0 aliphatic heterocycles. The number of phenolic OH excluding ortho intramolecular Hbond substituents is 1. The molecular weight excluding hydrogens is 348 g/mol. The Morgan fingerprint density at radius 3 is 2.36 bits per heavy atom. The lowest BCUT2D eigenvalue weighted by Gasteiger charge is -2.21. The van der Waals surface area contributed by atoms with Gasteiger partial charge in [0.05, 0.1) is 6.61 Å². The maximum atomic E-state index is 12.4. The minimum Gasteiger partial charge on any atom is -0.507 e. The highest BCUT2D eigenvalue weighted by Gasteiger charge is 2.13. The van der Waals surface area contributed by atoms with Gasteiger partial charge in [-0.3, -0.25) is 4.79 Å². The number of rotatable bonds is 7. The summed E-state index contributed by atoms with van der Waals surface area (Å²) in [6.07, 6.45) is 11.3. The molecule has 0 bridgehead atoms. The molecule has 28 heavy (non-hydrogen) atoms. The minimum absolute atomic E-state index is 0.0443. The second-order valence-electron chi connectivity index (χ2n) is 7.87. The standard InChI is InChI=1S/C25H30O3/c1-18-16-21(17-19(2)25(18)27)8-13-24(26)22-9-11-23(12-10-22)28-15-14-20-6-4-3-5-7-20/h8-13,16-17,20,27H,3-7,14-15H2,1-2H3/b13-8+. The zero-order chi connectivity index (χ0) is 19.9. The van der Waals surface area contributed by atoms with E-state index in [-0.39, 0.29) is 5.78 Å². The second-order valence-corrected chi connectivity index (χ2v) is 7.87. The summed E-state index contributed by atoms with van der Waals surface area (Å²) in [5, 5.41) is 9.84. The molecule has 3 nitrogen and oxygen atoms in total. The summed E-state index contributed by atoms with van der Waals surface area (Å²) in [5.41, 5.74) is 3.16. The summed E-state index contributed by atoms with van der Waals surface area (Å²) in [4.78, 5) is 12.4. The molecule has 0 heterocycles. The van der Waals surface area contributed by atoms with Crippen LogP contribution in [0.25, 0.3) is 6.08 Å². The molecule has 1 N–H and O–H groups in total. The molecule has 0 unspecified atom stereocenters. The fourth-order valence-corrected chi connectivity index (χ4v) is 3.89. The molecule has 148 valence electrons. The first-order valence-corrected chi connectivity index (χ1v) is 10.3. The highest BCUT2D eigenvalue weighted by molar-refractivity contribution is 6.06. The molecule has 2 aromatic carbocycles. The zero-order valence-electron chi connectivity index (χ0n) is 16.9. The number of aryl methyl sites for hydroxylation is 2. The van der Waals surface area contributed by atoms with Crippen LogP contribution >= 0.6 is 0 Å². The number of hydrogen-bond acceptors (Lipinski definition) is 3. The third-order valence-corrected chi connectivity index (χ3v) is 5.60. The Morgan fingerprint density at radius 1 is 1.07 bits per heavy atom. The van der Waals surface area contributed by atoms with Gasteiger partial charge in [0.2, 0.25) is 0 Å². The van der Waals surface area contributed by atoms with E-state index in [2.05, 4.69) is 0 Å². The Balaban J connectivity index is 1.53. The predicted octanol–water partition coefficient (Wildman–Crippen LogP) is 6.25. The Morgan fingerprint density at radius 2 is 1.71 bits per heavy atom. The van der Waals surface area contributed by atoms with E-state index in [1.165, 1.54) is 32.1 Å². The normalized spacial score (nSPS) is 15.1. The monoisotopic (exact) mass is 378 g/mol. The van der Waals surface area contributed by atoms with Gasteiger partial charge in [0.25, 0.3) is 0 Å². The SMILES string of the molecule is Cc1cc(/C=C/C(=O)c2ccc(OCCC3CCCCC3)cc2)cc(C)c1O. The van der Waals surface area contributed by atoms with Crippen LogP contribution in [0.1, 0.15) is 65.6 Å². The maximum Gasteiger partial charge on any atom is 0.185 e. The molecule has 0 saturated heterocycles. The van der Waals surface area contributed by atoms with Gasteiger partial charge < -0.3 is 9.84 Å². The second kappa shape index (κ2) is 9.59. The first-order chi connectivity index (χ1) is 13.5. The Kier molecular flexibility index (Phi) is 6.91. The minimum atomic E-state index is -0.0443. The van der Waals surface area contributed by atoms with Crippen LogP contribution < -0.4 is 4.74 Å². The Labute approximate surface area is 168 Å². The lowest BCUT2D eigenvalue weighted by molar-refractivity contribution is 0.104. The summed E-state index contributed by atoms with van der Waals surface area (Å²) in [6.45, 7) is 4.46. The van der Waals surface area contributed by atoms with Gasteiger partial charge in [-0.05, 0) is 85.4 Å². The van der Waals surface area contributed by atoms with Crippen molar-refractivity contribution in [2.75, 3.05) is 6.61 Å². The van der Waals surface area contributed by atoms with E-state index >= 15 is 0 Å². The van der Waals surface area contributed by atoms with Crippen molar-refractivity contribution in [2.24, 2.45) is 5.92 Å². The van der Waals surface area contributed by atoms with Gasteiger partial charge in [0.15, 0.2) is 5.78 Å². The van der Waals surface area contributed by atoms with Crippen molar-refractivity contribution in [3.05, 3.63) is 64.7 Å². The molecule has 2 aromatic rings. The zero-order valence-corrected chi connectivity index (χ0v) is 16.9. The van der Waals surface area contributed by atoms with Gasteiger partial charge in [-0.15, -0.1) is 0 Å². The van der Waals surface area contributed by atoms with Crippen LogP contribution in [0.15, 0.2) is 42.5 Å². The molecule has 3 rings (SSSR count). The summed E-state index contributed by atoms with van der Waals surface area (Å²) in [5.74, 6) is 1.90. The van der Waals surface area contributed by atoms with Gasteiger partial charge in [-0.2, -0.15) is 0 Å². The highest BCUT2D eigenvalue weighted by Crippen LogP contribution is 2.26. The maximum absolute atomic E-state index is 12.4. The van der Waals surface area contributed by atoms with Crippen molar-refractivity contribution in [1.82, 2.24) is 0 Å². The van der Waals surface area contributed by atoms with Crippen LogP contribution in [0.3, 0.4) is 0 Å². The quantitative estimate of drug-likeness (QED) is 0.457. The van der Waals surface area contributed by atoms with Gasteiger partial charge >= 0.3 is 0 Å². The van der Waals surface area contributed by atoms with E-state index in [4.69, 9.17) is 4.74 Å². The number of benzene rings is 2. The first kappa shape index (κ1) is 20.2. The highest BCUT2D eigenvalue weighted by atomic mass is 16.5. The van der Waals surface area contributed by atoms with Crippen LogP contribution in [0, 0.1) is 19.8 Å². The van der Waals surface area contributed by atoms with Crippen molar-refractivity contribution in [3.63, 3.8) is 0 Å². The van der Waals surface area contributed by atoms with Crippen molar-refractivity contribution >= 4 is 11.9 Å². The van der Waals surface area contributed by atoms with Gasteiger partial charge in [-0.25, -0.2) is 0 Å². The molecule has 0 amide bonds. The fraction of sp³-hybridized carbons (Fsp3) is 0.400. The van der Waals surface area contributed by atoms with E-state index in [0.717, 1.165) is 41.4 Å². The van der Waals surface area contributed by atoms with E-state index in [1.807, 2.05) is 50.2 Å². The lowest BCUT2D eigenvalue weighted by atomic mass is 9.87. The van der Waals surface area contributed by atoms with Crippen LogP contribution in [0.5, 0.6) is 11.5 Å². The molecule has 0 aromatic heterocycles. The number of ether oxygens (including phenoxy) is 1. The van der Waals surface area contributed by atoms with E-state index < -0.39 is 0 Å². The molecule has 1 saturated carbocycles. The third kappa shape index (κ3) is 5.48. The molecule has 1 aliphatic rings. The molecule has 1 aliphatic carbocycles. The third-order valence-electron chi connectivity index (χ3n) is 5.60. The molecular formula is C25H30O3. The average Bonchev–Trinajstić information content (AvgIpc) is 2.71. The number of ketones is 1. The Bertz CT molecular complexity index is 804. The van der Waals surface area contributed by atoms with Crippen molar-refractivity contribution < 1.29 is 14.6 Å². The predicted molar refractivity (Wildman–Crippen MR) is 114 cm³/mol. The number of hydrogen-bond donors (Lipinski definition) is 1. The molecule has 0 radical (unpaired) electrons. The van der Waals surface area contributed by atoms with Crippen molar-refractivity contribution in [2.45, 2.75) is 52.4 Å². The van der Waals surface area contributed by atoms with Gasteiger partial charge in [0.1, 0.15) is 11.5 Å². The fourth-order valence-electron chi connectivity index (χ4n) is 3.89. The summed E-state index contributed by atoms with van der Waals surface area (Å²) < 4.78 is 5.86. The van der Waals surface area contributed by atoms with Crippen LogP contribution in [-0.4, -0.2) is 17.5 Å². The first-order valence-electron chi connectivity index (χ1n) is 10.3. The number of allylic oxidation sites excluding steroid dienone is 1. The molecule has 1 fully saturated rings. The number of carbonyl (C=O) groups is 1. The lowest BCUT2D eigenvalue weighted by Crippen LogP contribution is -2.10. The summed E-state index contributed by atoms with van der Waals surface area (Å²) in [7, 11) is 0. The summed E-state index contributed by atoms with van der Waals surface area (Å²) in [6, 6.07) is 11.1. The largest absolute Gasteiger partial charge is 0.507 e. The number of aromatic hydroxyl groups is 1. The number of phenols is 1. The molecule has 0 spiro atoms. The van der Waals surface area contributed by atoms with Gasteiger partial charge in [0, 0.05) is 5.56 Å². The number of carbonyl (C=O) groups excluding carboxylic acids is 1. The van der Waals surface area contributed by atoms with E-state index in [0.29, 0.717) is 11.3 Å². The Hall–Kier alpha value is -2.55. The summed E-state index contributed by atoms with van der Waals surface area (Å²) >= 11 is 0. The van der Waals surface area contributed by atoms with Crippen molar-refractivity contribution in [3.8, 4) is 11.5 Å². The molecule has 3 heteroatoms. The van der Waals surface area contributed by atoms with Crippen LogP contribution in [0.2, 0.25) is 0 Å². The average molecular weight is 379 g/mol. The van der Waals surface area contributed by atoms with Crippen LogP contribution in [-0.2, 0) is 0 Å². The van der Waals surface area contributed by atoms with Gasteiger partial charge in [-0.1, -0.05) is 38.2 Å². The topological polar surface area (TPSA) is 46.5 Å². The smallest absolute Gasteiger partial charge is 0.185 e. The van der Waals surface area contributed by atoms with Crippen molar-refractivity contribution in [1.29, 1.82) is 0 Å². The van der Waals surface area contributed by atoms with E-state index in [9.17, 15) is 9.90 Å². The molecule has 0 atom stereocenters. The van der Waals surface area contributed by atoms with E-state index in [1.54, 1.807) is 12.2 Å². The van der Waals surface area contributed by atoms with Crippen LogP contribution in [0.4, 0.5) is 0 Å².